The van der Waals surface area contributed by atoms with Crippen LogP contribution in [0.3, 0.4) is 0 Å². The van der Waals surface area contributed by atoms with Gasteiger partial charge in [-0.2, -0.15) is 0 Å². The average molecular weight is 317 g/mol. The van der Waals surface area contributed by atoms with E-state index in [9.17, 15) is 4.79 Å². The molecule has 1 rings (SSSR count). The van der Waals surface area contributed by atoms with Gasteiger partial charge >= 0.3 is 5.97 Å². The third-order valence-corrected chi connectivity index (χ3v) is 4.82. The molecule has 0 radical (unpaired) electrons. The van der Waals surface area contributed by atoms with Gasteiger partial charge < -0.3 is 10.1 Å². The van der Waals surface area contributed by atoms with E-state index in [0.29, 0.717) is 6.61 Å². The summed E-state index contributed by atoms with van der Waals surface area (Å²) in [4.78, 5) is 12.1. The van der Waals surface area contributed by atoms with Crippen LogP contribution in [-0.2, 0) is 9.53 Å². The number of nitrogens with zero attached hydrogens (tertiary/aromatic N) is 2. The standard InChI is InChI=1S/C13H23N3O2S2/c1-4-8-14-13(3,11(17)18-5-2)7-6-9-19-12-16-15-10-20-12/h10,14H,4-9H2,1-3H3. The van der Waals surface area contributed by atoms with Crippen molar-refractivity contribution in [2.24, 2.45) is 0 Å². The molecule has 0 bridgehead atoms. The molecule has 114 valence electrons. The van der Waals surface area contributed by atoms with Crippen LogP contribution in [-0.4, -0.2) is 40.6 Å². The van der Waals surface area contributed by atoms with E-state index in [1.54, 1.807) is 28.6 Å². The summed E-state index contributed by atoms with van der Waals surface area (Å²) in [6, 6.07) is 0. The second-order valence-corrected chi connectivity index (χ2v) is 6.81. The zero-order valence-corrected chi connectivity index (χ0v) is 14.0. The normalized spacial score (nSPS) is 13.9. The molecule has 0 aliphatic heterocycles. The van der Waals surface area contributed by atoms with Gasteiger partial charge in [0.05, 0.1) is 6.61 Å². The topological polar surface area (TPSA) is 64.1 Å². The Kier molecular flexibility index (Phi) is 8.09. The summed E-state index contributed by atoms with van der Waals surface area (Å²) in [5, 5.41) is 11.1. The fraction of sp³-hybridized carbons (Fsp3) is 0.769. The molecule has 1 unspecified atom stereocenters. The van der Waals surface area contributed by atoms with Gasteiger partial charge in [-0.05, 0) is 39.7 Å². The lowest BCUT2D eigenvalue weighted by atomic mass is 9.96. The number of hydrogen-bond acceptors (Lipinski definition) is 7. The van der Waals surface area contributed by atoms with Gasteiger partial charge in [0.15, 0.2) is 4.34 Å². The Labute approximate surface area is 128 Å². The summed E-state index contributed by atoms with van der Waals surface area (Å²) < 4.78 is 6.15. The number of carbonyl (C=O) groups excluding carboxylic acids is 1. The van der Waals surface area contributed by atoms with Crippen molar-refractivity contribution in [2.75, 3.05) is 18.9 Å². The number of thioether (sulfide) groups is 1. The first-order valence-electron chi connectivity index (χ1n) is 6.93. The Hall–Kier alpha value is -0.660. The van der Waals surface area contributed by atoms with Crippen molar-refractivity contribution in [1.82, 2.24) is 15.5 Å². The van der Waals surface area contributed by atoms with Crippen LogP contribution in [0.25, 0.3) is 0 Å². The van der Waals surface area contributed by atoms with Gasteiger partial charge in [0.2, 0.25) is 0 Å². The number of carbonyl (C=O) groups is 1. The van der Waals surface area contributed by atoms with Crippen molar-refractivity contribution in [1.29, 1.82) is 0 Å². The minimum atomic E-state index is -0.590. The molecule has 1 N–H and O–H groups in total. The van der Waals surface area contributed by atoms with Gasteiger partial charge in [-0.15, -0.1) is 10.2 Å². The third-order valence-electron chi connectivity index (χ3n) is 2.88. The van der Waals surface area contributed by atoms with Crippen LogP contribution in [0.5, 0.6) is 0 Å². The molecule has 7 heteroatoms. The van der Waals surface area contributed by atoms with Crippen molar-refractivity contribution >= 4 is 29.1 Å². The average Bonchev–Trinajstić information content (AvgIpc) is 2.95. The maximum Gasteiger partial charge on any atom is 0.326 e. The molecule has 0 aromatic carbocycles. The second kappa shape index (κ2) is 9.31. The molecule has 0 aliphatic carbocycles. The summed E-state index contributed by atoms with van der Waals surface area (Å²) in [6.45, 7) is 7.09. The highest BCUT2D eigenvalue weighted by molar-refractivity contribution is 8.00. The van der Waals surface area contributed by atoms with Crippen LogP contribution in [0.2, 0.25) is 0 Å². The van der Waals surface area contributed by atoms with E-state index in [1.165, 1.54) is 0 Å². The highest BCUT2D eigenvalue weighted by Crippen LogP contribution is 2.23. The lowest BCUT2D eigenvalue weighted by molar-refractivity contribution is -0.150. The summed E-state index contributed by atoms with van der Waals surface area (Å²) in [6.07, 6.45) is 2.68. The lowest BCUT2D eigenvalue weighted by Crippen LogP contribution is -2.50. The summed E-state index contributed by atoms with van der Waals surface area (Å²) in [5.74, 6) is 0.771. The number of aromatic nitrogens is 2. The minimum absolute atomic E-state index is 0.158. The predicted molar refractivity (Wildman–Crippen MR) is 83.2 cm³/mol. The zero-order chi connectivity index (χ0) is 14.8. The molecule has 1 aromatic rings. The van der Waals surface area contributed by atoms with Crippen molar-refractivity contribution in [2.45, 2.75) is 49.9 Å². The Bertz CT molecular complexity index is 387. The Morgan fingerprint density at radius 1 is 1.55 bits per heavy atom. The molecule has 0 saturated heterocycles. The van der Waals surface area contributed by atoms with Gasteiger partial charge in [0.25, 0.3) is 0 Å². The van der Waals surface area contributed by atoms with E-state index in [4.69, 9.17) is 4.74 Å². The largest absolute Gasteiger partial charge is 0.465 e. The van der Waals surface area contributed by atoms with E-state index >= 15 is 0 Å². The van der Waals surface area contributed by atoms with Crippen LogP contribution in [0.15, 0.2) is 9.85 Å². The summed E-state index contributed by atoms with van der Waals surface area (Å²) in [5.41, 5.74) is 1.14. The molecule has 1 aromatic heterocycles. The van der Waals surface area contributed by atoms with Gasteiger partial charge in [0, 0.05) is 5.75 Å². The molecular formula is C13H23N3O2S2. The lowest BCUT2D eigenvalue weighted by Gasteiger charge is -2.28. The maximum absolute atomic E-state index is 12.1. The molecule has 0 spiro atoms. The number of rotatable bonds is 10. The van der Waals surface area contributed by atoms with E-state index < -0.39 is 5.54 Å². The van der Waals surface area contributed by atoms with Crippen LogP contribution >= 0.6 is 23.1 Å². The number of ether oxygens (including phenoxy) is 1. The first-order chi connectivity index (χ1) is 9.62. The van der Waals surface area contributed by atoms with E-state index in [0.717, 1.165) is 35.9 Å². The molecule has 0 saturated carbocycles. The molecule has 20 heavy (non-hydrogen) atoms. The molecule has 1 heterocycles. The Morgan fingerprint density at radius 3 is 2.95 bits per heavy atom. The minimum Gasteiger partial charge on any atom is -0.465 e. The van der Waals surface area contributed by atoms with Gasteiger partial charge in [0.1, 0.15) is 11.0 Å². The van der Waals surface area contributed by atoms with Crippen LogP contribution in [0, 0.1) is 0 Å². The first-order valence-corrected chi connectivity index (χ1v) is 8.80. The number of hydrogen-bond donors (Lipinski definition) is 1. The highest BCUT2D eigenvalue weighted by atomic mass is 32.2. The summed E-state index contributed by atoms with van der Waals surface area (Å²) >= 11 is 3.22. The predicted octanol–water partition coefficient (Wildman–Crippen LogP) is 2.73. The number of esters is 1. The van der Waals surface area contributed by atoms with E-state index in [2.05, 4.69) is 22.4 Å². The van der Waals surface area contributed by atoms with E-state index in [1.807, 2.05) is 13.8 Å². The van der Waals surface area contributed by atoms with Gasteiger partial charge in [-0.3, -0.25) is 4.79 Å². The SMILES string of the molecule is CCCNC(C)(CCCSc1nncs1)C(=O)OCC. The van der Waals surface area contributed by atoms with Crippen molar-refractivity contribution in [3.05, 3.63) is 5.51 Å². The molecule has 5 nitrogen and oxygen atoms in total. The number of nitrogens with one attached hydrogen (secondary N) is 1. The Balaban J connectivity index is 2.40. The quantitative estimate of drug-likeness (QED) is 0.407. The van der Waals surface area contributed by atoms with Crippen LogP contribution in [0.4, 0.5) is 0 Å². The smallest absolute Gasteiger partial charge is 0.326 e. The molecule has 1 atom stereocenters. The first kappa shape index (κ1) is 17.4. The fourth-order valence-corrected chi connectivity index (χ4v) is 3.26. The van der Waals surface area contributed by atoms with Crippen molar-refractivity contribution < 1.29 is 9.53 Å². The fourth-order valence-electron chi connectivity index (χ4n) is 1.76. The monoisotopic (exact) mass is 317 g/mol. The maximum atomic E-state index is 12.1. The van der Waals surface area contributed by atoms with Gasteiger partial charge in [-0.25, -0.2) is 0 Å². The van der Waals surface area contributed by atoms with Crippen LogP contribution < -0.4 is 5.32 Å². The second-order valence-electron chi connectivity index (χ2n) is 4.64. The molecule has 0 fully saturated rings. The molecular weight excluding hydrogens is 294 g/mol. The Morgan fingerprint density at radius 2 is 2.35 bits per heavy atom. The highest BCUT2D eigenvalue weighted by Gasteiger charge is 2.33. The van der Waals surface area contributed by atoms with E-state index in [-0.39, 0.29) is 5.97 Å². The zero-order valence-electron chi connectivity index (χ0n) is 12.3. The van der Waals surface area contributed by atoms with Crippen LogP contribution in [0.1, 0.15) is 40.0 Å². The van der Waals surface area contributed by atoms with Crippen molar-refractivity contribution in [3.63, 3.8) is 0 Å². The van der Waals surface area contributed by atoms with Crippen molar-refractivity contribution in [3.8, 4) is 0 Å². The summed E-state index contributed by atoms with van der Waals surface area (Å²) in [7, 11) is 0. The molecule has 0 aliphatic rings. The third kappa shape index (κ3) is 5.76. The van der Waals surface area contributed by atoms with Gasteiger partial charge in [-0.1, -0.05) is 30.0 Å². The molecule has 0 amide bonds.